The number of piperazine rings is 1. The quantitative estimate of drug-likeness (QED) is 0.746. The molecule has 4 saturated carbocycles. The van der Waals surface area contributed by atoms with E-state index in [0.717, 1.165) is 37.0 Å². The van der Waals surface area contributed by atoms with E-state index in [9.17, 15) is 9.59 Å². The second-order valence-electron chi connectivity index (χ2n) is 9.64. The molecular weight excluding hydrogens is 288 g/mol. The molecule has 0 N–H and O–H groups in total. The molecule has 1 heterocycles. The van der Waals surface area contributed by atoms with Crippen LogP contribution in [0.1, 0.15) is 59.3 Å². The summed E-state index contributed by atoms with van der Waals surface area (Å²) in [7, 11) is 0. The minimum Gasteiger partial charge on any atom is -0.335 e. The normalized spacial score (nSPS) is 40.0. The molecule has 128 valence electrons. The number of hydrogen-bond acceptors (Lipinski definition) is 2. The van der Waals surface area contributed by atoms with Crippen LogP contribution in [0.2, 0.25) is 0 Å². The van der Waals surface area contributed by atoms with E-state index in [4.69, 9.17) is 0 Å². The molecule has 4 bridgehead atoms. The Hall–Kier alpha value is -1.06. The van der Waals surface area contributed by atoms with Crippen LogP contribution in [-0.4, -0.2) is 46.8 Å². The fourth-order valence-electron chi connectivity index (χ4n) is 6.26. The summed E-state index contributed by atoms with van der Waals surface area (Å²) in [6, 6.07) is 0. The largest absolute Gasteiger partial charge is 0.335 e. The molecule has 5 fully saturated rings. The summed E-state index contributed by atoms with van der Waals surface area (Å²) >= 11 is 0. The van der Waals surface area contributed by atoms with Gasteiger partial charge in [-0.3, -0.25) is 9.59 Å². The maximum atomic E-state index is 13.3. The maximum absolute atomic E-state index is 13.3. The summed E-state index contributed by atoms with van der Waals surface area (Å²) in [5.41, 5.74) is -0.258. The van der Waals surface area contributed by atoms with Gasteiger partial charge in [-0.25, -0.2) is 0 Å². The molecule has 0 aromatic heterocycles. The van der Waals surface area contributed by atoms with Crippen molar-refractivity contribution in [1.82, 2.24) is 9.80 Å². The van der Waals surface area contributed by atoms with E-state index in [1.807, 2.05) is 9.80 Å². The van der Waals surface area contributed by atoms with Gasteiger partial charge >= 0.3 is 0 Å². The maximum Gasteiger partial charge on any atom is 0.242 e. The van der Waals surface area contributed by atoms with E-state index in [1.54, 1.807) is 0 Å². The van der Waals surface area contributed by atoms with Crippen molar-refractivity contribution in [2.45, 2.75) is 64.8 Å². The van der Waals surface area contributed by atoms with E-state index >= 15 is 0 Å². The summed E-state index contributed by atoms with van der Waals surface area (Å²) in [6.45, 7) is 7.90. The topological polar surface area (TPSA) is 40.6 Å². The smallest absolute Gasteiger partial charge is 0.242 e. The first-order valence-electron chi connectivity index (χ1n) is 9.37. The molecule has 4 heteroatoms. The predicted molar refractivity (Wildman–Crippen MR) is 88.7 cm³/mol. The molecule has 1 saturated heterocycles. The molecular formula is C19H30N2O2. The summed E-state index contributed by atoms with van der Waals surface area (Å²) in [6.07, 6.45) is 7.32. The molecule has 1 aliphatic heterocycles. The van der Waals surface area contributed by atoms with E-state index in [2.05, 4.69) is 20.8 Å². The van der Waals surface area contributed by atoms with Gasteiger partial charge in [-0.1, -0.05) is 0 Å². The first-order chi connectivity index (χ1) is 10.8. The first kappa shape index (κ1) is 15.5. The second kappa shape index (κ2) is 4.97. The zero-order valence-electron chi connectivity index (χ0n) is 14.8. The molecule has 0 spiro atoms. The Morgan fingerprint density at radius 3 is 1.96 bits per heavy atom. The number of amides is 2. The van der Waals surface area contributed by atoms with Crippen molar-refractivity contribution in [3.05, 3.63) is 0 Å². The highest BCUT2D eigenvalue weighted by atomic mass is 16.2. The van der Waals surface area contributed by atoms with Gasteiger partial charge < -0.3 is 9.80 Å². The van der Waals surface area contributed by atoms with Gasteiger partial charge in [0.15, 0.2) is 0 Å². The van der Waals surface area contributed by atoms with E-state index in [0.29, 0.717) is 19.0 Å². The molecule has 0 atom stereocenters. The Balaban J connectivity index is 1.49. The van der Waals surface area contributed by atoms with Crippen LogP contribution in [0.15, 0.2) is 0 Å². The number of hydrogen-bond donors (Lipinski definition) is 0. The number of rotatable bonds is 1. The molecule has 4 nitrogen and oxygen atoms in total. The van der Waals surface area contributed by atoms with Crippen molar-refractivity contribution >= 4 is 11.8 Å². The monoisotopic (exact) mass is 318 g/mol. The van der Waals surface area contributed by atoms with Crippen molar-refractivity contribution in [2.75, 3.05) is 19.6 Å². The fourth-order valence-corrected chi connectivity index (χ4v) is 6.26. The molecule has 5 rings (SSSR count). The first-order valence-corrected chi connectivity index (χ1v) is 9.37. The van der Waals surface area contributed by atoms with Gasteiger partial charge in [-0.2, -0.15) is 0 Å². The SMILES string of the molecule is CC(C)(C)N1CCN(C(=O)C23CC4CC(CC(C4)C2)C3)CC1=O. The zero-order chi connectivity index (χ0) is 16.4. The molecule has 0 radical (unpaired) electrons. The lowest BCUT2D eigenvalue weighted by Crippen LogP contribution is -2.62. The van der Waals surface area contributed by atoms with E-state index in [-0.39, 0.29) is 23.4 Å². The Morgan fingerprint density at radius 2 is 1.52 bits per heavy atom. The summed E-state index contributed by atoms with van der Waals surface area (Å²) in [5, 5.41) is 0. The highest BCUT2D eigenvalue weighted by molar-refractivity contribution is 5.89. The zero-order valence-corrected chi connectivity index (χ0v) is 14.8. The molecule has 2 amide bonds. The van der Waals surface area contributed by atoms with Gasteiger partial charge in [0.1, 0.15) is 0 Å². The highest BCUT2D eigenvalue weighted by Gasteiger charge is 2.56. The van der Waals surface area contributed by atoms with Crippen LogP contribution in [0, 0.1) is 23.2 Å². The van der Waals surface area contributed by atoms with Gasteiger partial charge in [-0.05, 0) is 77.0 Å². The summed E-state index contributed by atoms with van der Waals surface area (Å²) in [5.74, 6) is 2.74. The average Bonchev–Trinajstić information content (AvgIpc) is 2.43. The van der Waals surface area contributed by atoms with Gasteiger partial charge in [0.05, 0.1) is 12.0 Å². The summed E-state index contributed by atoms with van der Waals surface area (Å²) in [4.78, 5) is 29.6. The third kappa shape index (κ3) is 2.49. The number of carbonyl (C=O) groups is 2. The van der Waals surface area contributed by atoms with Crippen molar-refractivity contribution in [1.29, 1.82) is 0 Å². The standard InChI is InChI=1S/C19H30N2O2/c1-18(2,3)21-5-4-20(12-16(21)22)17(23)19-9-13-6-14(10-19)8-15(7-13)11-19/h13-15H,4-12H2,1-3H3. The molecule has 0 aromatic rings. The molecule has 23 heavy (non-hydrogen) atoms. The van der Waals surface area contributed by atoms with Crippen LogP contribution >= 0.6 is 0 Å². The number of nitrogens with zero attached hydrogens (tertiary/aromatic N) is 2. The van der Waals surface area contributed by atoms with Crippen LogP contribution in [-0.2, 0) is 9.59 Å². The fraction of sp³-hybridized carbons (Fsp3) is 0.895. The lowest BCUT2D eigenvalue weighted by atomic mass is 9.49. The van der Waals surface area contributed by atoms with E-state index in [1.165, 1.54) is 19.3 Å². The van der Waals surface area contributed by atoms with Crippen molar-refractivity contribution in [3.8, 4) is 0 Å². The van der Waals surface area contributed by atoms with Crippen molar-refractivity contribution in [2.24, 2.45) is 23.2 Å². The minimum atomic E-state index is -0.146. The van der Waals surface area contributed by atoms with Crippen LogP contribution in [0.4, 0.5) is 0 Å². The Labute approximate surface area is 139 Å². The molecule has 4 aliphatic carbocycles. The Bertz CT molecular complexity index is 499. The number of carbonyl (C=O) groups excluding carboxylic acids is 2. The van der Waals surface area contributed by atoms with Crippen molar-refractivity contribution in [3.63, 3.8) is 0 Å². The van der Waals surface area contributed by atoms with Crippen LogP contribution in [0.5, 0.6) is 0 Å². The molecule has 0 aromatic carbocycles. The predicted octanol–water partition coefficient (Wildman–Crippen LogP) is 2.67. The van der Waals surface area contributed by atoms with Crippen LogP contribution in [0.25, 0.3) is 0 Å². The van der Waals surface area contributed by atoms with Crippen molar-refractivity contribution < 1.29 is 9.59 Å². The summed E-state index contributed by atoms with van der Waals surface area (Å²) < 4.78 is 0. The van der Waals surface area contributed by atoms with Crippen LogP contribution < -0.4 is 0 Å². The third-order valence-corrected chi connectivity index (χ3v) is 6.81. The Kier molecular flexibility index (Phi) is 3.34. The highest BCUT2D eigenvalue weighted by Crippen LogP contribution is 2.60. The minimum absolute atomic E-state index is 0.112. The van der Waals surface area contributed by atoms with Gasteiger partial charge in [0, 0.05) is 18.6 Å². The molecule has 5 aliphatic rings. The van der Waals surface area contributed by atoms with Gasteiger partial charge in [0.25, 0.3) is 0 Å². The van der Waals surface area contributed by atoms with Gasteiger partial charge in [-0.15, -0.1) is 0 Å². The lowest BCUT2D eigenvalue weighted by molar-refractivity contribution is -0.165. The second-order valence-corrected chi connectivity index (χ2v) is 9.64. The average molecular weight is 318 g/mol. The molecule has 0 unspecified atom stereocenters. The van der Waals surface area contributed by atoms with Gasteiger partial charge in [0.2, 0.25) is 11.8 Å². The third-order valence-electron chi connectivity index (χ3n) is 6.81. The lowest BCUT2D eigenvalue weighted by Gasteiger charge is -2.57. The Morgan fingerprint density at radius 1 is 1.00 bits per heavy atom. The van der Waals surface area contributed by atoms with E-state index < -0.39 is 0 Å². The van der Waals surface area contributed by atoms with Crippen LogP contribution in [0.3, 0.4) is 0 Å².